The summed E-state index contributed by atoms with van der Waals surface area (Å²) >= 11 is 0. The van der Waals surface area contributed by atoms with E-state index in [-0.39, 0.29) is 12.5 Å². The maximum absolute atomic E-state index is 11.8. The van der Waals surface area contributed by atoms with Crippen LogP contribution in [-0.4, -0.2) is 68.7 Å². The SMILES string of the molecule is CN(C)C(=O)CN=C(NCCCNC(=O)OC(C)(C)C)NCCc1ccco1. The topological polar surface area (TPSA) is 108 Å². The zero-order valence-electron chi connectivity index (χ0n) is 17.5. The van der Waals surface area contributed by atoms with Crippen molar-refractivity contribution in [1.29, 1.82) is 0 Å². The normalized spacial score (nSPS) is 11.7. The largest absolute Gasteiger partial charge is 0.469 e. The first-order valence-corrected chi connectivity index (χ1v) is 9.39. The summed E-state index contributed by atoms with van der Waals surface area (Å²) < 4.78 is 10.5. The van der Waals surface area contributed by atoms with E-state index in [1.807, 2.05) is 32.9 Å². The first kappa shape index (κ1) is 23.3. The maximum Gasteiger partial charge on any atom is 0.407 e. The second kappa shape index (κ2) is 11.9. The van der Waals surface area contributed by atoms with Crippen LogP contribution in [0.1, 0.15) is 33.0 Å². The Morgan fingerprint density at radius 3 is 2.43 bits per heavy atom. The number of alkyl carbamates (subject to hydrolysis) is 1. The average molecular weight is 396 g/mol. The van der Waals surface area contributed by atoms with Crippen LogP contribution in [0.25, 0.3) is 0 Å². The molecule has 28 heavy (non-hydrogen) atoms. The Hall–Kier alpha value is -2.71. The molecule has 9 heteroatoms. The van der Waals surface area contributed by atoms with Gasteiger partial charge in [0.1, 0.15) is 17.9 Å². The van der Waals surface area contributed by atoms with Gasteiger partial charge in [0.15, 0.2) is 5.96 Å². The van der Waals surface area contributed by atoms with Gasteiger partial charge in [0.05, 0.1) is 6.26 Å². The van der Waals surface area contributed by atoms with Gasteiger partial charge in [0, 0.05) is 40.2 Å². The number of guanidine groups is 1. The number of rotatable bonds is 9. The Bertz CT molecular complexity index is 621. The Balaban J connectivity index is 2.38. The molecule has 2 amide bonds. The predicted molar refractivity (Wildman–Crippen MR) is 108 cm³/mol. The van der Waals surface area contributed by atoms with E-state index in [2.05, 4.69) is 20.9 Å². The molecule has 0 unspecified atom stereocenters. The van der Waals surface area contributed by atoms with Gasteiger partial charge in [-0.2, -0.15) is 0 Å². The van der Waals surface area contributed by atoms with E-state index in [4.69, 9.17) is 9.15 Å². The first-order chi connectivity index (χ1) is 13.2. The third-order valence-electron chi connectivity index (χ3n) is 3.43. The molecule has 158 valence electrons. The lowest BCUT2D eigenvalue weighted by molar-refractivity contribution is -0.127. The second-order valence-electron chi connectivity index (χ2n) is 7.42. The van der Waals surface area contributed by atoms with Crippen molar-refractivity contribution in [3.63, 3.8) is 0 Å². The van der Waals surface area contributed by atoms with E-state index >= 15 is 0 Å². The summed E-state index contributed by atoms with van der Waals surface area (Å²) in [6.07, 6.45) is 2.58. The number of amides is 2. The molecule has 0 atom stereocenters. The molecular formula is C19H33N5O4. The summed E-state index contributed by atoms with van der Waals surface area (Å²) in [6, 6.07) is 3.75. The minimum Gasteiger partial charge on any atom is -0.469 e. The summed E-state index contributed by atoms with van der Waals surface area (Å²) in [5, 5.41) is 9.05. The fourth-order valence-electron chi connectivity index (χ4n) is 2.02. The molecule has 1 rings (SSSR count). The van der Waals surface area contributed by atoms with E-state index in [1.165, 1.54) is 4.90 Å². The number of hydrogen-bond donors (Lipinski definition) is 3. The van der Waals surface area contributed by atoms with Crippen molar-refractivity contribution in [3.8, 4) is 0 Å². The average Bonchev–Trinajstić information content (AvgIpc) is 3.10. The van der Waals surface area contributed by atoms with Crippen molar-refractivity contribution in [1.82, 2.24) is 20.9 Å². The van der Waals surface area contributed by atoms with E-state index < -0.39 is 11.7 Å². The number of ether oxygens (including phenoxy) is 1. The third-order valence-corrected chi connectivity index (χ3v) is 3.43. The summed E-state index contributed by atoms with van der Waals surface area (Å²) in [5.41, 5.74) is -0.515. The van der Waals surface area contributed by atoms with Crippen molar-refractivity contribution in [2.24, 2.45) is 4.99 Å². The van der Waals surface area contributed by atoms with Crippen LogP contribution < -0.4 is 16.0 Å². The Morgan fingerprint density at radius 1 is 1.14 bits per heavy atom. The van der Waals surface area contributed by atoms with Crippen LogP contribution >= 0.6 is 0 Å². The van der Waals surface area contributed by atoms with Crippen LogP contribution in [0.5, 0.6) is 0 Å². The predicted octanol–water partition coefficient (Wildman–Crippen LogP) is 1.36. The van der Waals surface area contributed by atoms with Crippen molar-refractivity contribution in [2.45, 2.75) is 39.2 Å². The van der Waals surface area contributed by atoms with Gasteiger partial charge in [-0.25, -0.2) is 9.79 Å². The van der Waals surface area contributed by atoms with Crippen molar-refractivity contribution >= 4 is 18.0 Å². The molecule has 0 bridgehead atoms. The van der Waals surface area contributed by atoms with Gasteiger partial charge in [0.2, 0.25) is 5.91 Å². The molecule has 0 aliphatic heterocycles. The van der Waals surface area contributed by atoms with E-state index in [0.717, 1.165) is 5.76 Å². The molecule has 9 nitrogen and oxygen atoms in total. The fourth-order valence-corrected chi connectivity index (χ4v) is 2.02. The molecule has 1 heterocycles. The number of nitrogens with one attached hydrogen (secondary N) is 3. The highest BCUT2D eigenvalue weighted by atomic mass is 16.6. The maximum atomic E-state index is 11.8. The Kier molecular flexibility index (Phi) is 9.91. The van der Waals surface area contributed by atoms with E-state index in [9.17, 15) is 9.59 Å². The Labute approximate surface area is 166 Å². The highest BCUT2D eigenvalue weighted by Crippen LogP contribution is 2.06. The van der Waals surface area contributed by atoms with Gasteiger partial charge in [0.25, 0.3) is 0 Å². The van der Waals surface area contributed by atoms with E-state index in [1.54, 1.807) is 20.4 Å². The number of aliphatic imine (C=N–C) groups is 1. The minimum absolute atomic E-state index is 0.0548. The highest BCUT2D eigenvalue weighted by molar-refractivity contribution is 5.84. The molecule has 1 aromatic heterocycles. The number of furan rings is 1. The summed E-state index contributed by atoms with van der Waals surface area (Å²) in [5.74, 6) is 1.33. The summed E-state index contributed by atoms with van der Waals surface area (Å²) in [4.78, 5) is 29.2. The lowest BCUT2D eigenvalue weighted by atomic mass is 10.2. The standard InChI is InChI=1S/C19H33N5O4/c1-19(2,3)28-18(26)22-11-7-10-20-17(23-14-16(25)24(4)5)21-12-9-15-8-6-13-27-15/h6,8,13H,7,9-12,14H2,1-5H3,(H,22,26)(H2,20,21,23). The summed E-state index contributed by atoms with van der Waals surface area (Å²) in [6.45, 7) is 7.18. The minimum atomic E-state index is -0.515. The van der Waals surface area contributed by atoms with Gasteiger partial charge in [-0.1, -0.05) is 0 Å². The molecule has 0 fully saturated rings. The molecule has 0 saturated heterocycles. The van der Waals surface area contributed by atoms with Gasteiger partial charge in [-0.3, -0.25) is 4.79 Å². The van der Waals surface area contributed by atoms with Crippen LogP contribution in [0, 0.1) is 0 Å². The molecular weight excluding hydrogens is 362 g/mol. The van der Waals surface area contributed by atoms with Crippen LogP contribution in [0.3, 0.4) is 0 Å². The van der Waals surface area contributed by atoms with Crippen molar-refractivity contribution in [3.05, 3.63) is 24.2 Å². The molecule has 0 saturated carbocycles. The summed E-state index contributed by atoms with van der Waals surface area (Å²) in [7, 11) is 3.38. The van der Waals surface area contributed by atoms with Crippen LogP contribution in [0.4, 0.5) is 4.79 Å². The number of nitrogens with zero attached hydrogens (tertiary/aromatic N) is 2. The first-order valence-electron chi connectivity index (χ1n) is 9.39. The molecule has 0 aliphatic rings. The van der Waals surface area contributed by atoms with Gasteiger partial charge in [-0.15, -0.1) is 0 Å². The van der Waals surface area contributed by atoms with Crippen LogP contribution in [-0.2, 0) is 16.0 Å². The zero-order valence-corrected chi connectivity index (χ0v) is 17.5. The van der Waals surface area contributed by atoms with Crippen molar-refractivity contribution in [2.75, 3.05) is 40.3 Å². The van der Waals surface area contributed by atoms with Gasteiger partial charge >= 0.3 is 6.09 Å². The molecule has 0 spiro atoms. The number of likely N-dealkylation sites (N-methyl/N-ethyl adjacent to an activating group) is 1. The second-order valence-corrected chi connectivity index (χ2v) is 7.42. The highest BCUT2D eigenvalue weighted by Gasteiger charge is 2.15. The fraction of sp³-hybridized carbons (Fsp3) is 0.632. The molecule has 3 N–H and O–H groups in total. The number of carbonyl (C=O) groups excluding carboxylic acids is 2. The number of carbonyl (C=O) groups is 2. The Morgan fingerprint density at radius 2 is 1.82 bits per heavy atom. The monoisotopic (exact) mass is 395 g/mol. The van der Waals surface area contributed by atoms with Gasteiger partial charge < -0.3 is 30.0 Å². The quantitative estimate of drug-likeness (QED) is 0.331. The van der Waals surface area contributed by atoms with Crippen LogP contribution in [0.15, 0.2) is 27.8 Å². The molecule has 0 aliphatic carbocycles. The van der Waals surface area contributed by atoms with Crippen LogP contribution in [0.2, 0.25) is 0 Å². The smallest absolute Gasteiger partial charge is 0.407 e. The molecule has 1 aromatic rings. The van der Waals surface area contributed by atoms with Gasteiger partial charge in [-0.05, 0) is 39.3 Å². The van der Waals surface area contributed by atoms with Crippen molar-refractivity contribution < 1.29 is 18.7 Å². The van der Waals surface area contributed by atoms with E-state index in [0.29, 0.717) is 38.4 Å². The third kappa shape index (κ3) is 11.1. The lowest BCUT2D eigenvalue weighted by Crippen LogP contribution is -2.41. The lowest BCUT2D eigenvalue weighted by Gasteiger charge is -2.19. The molecule has 0 radical (unpaired) electrons. The zero-order chi connectivity index (χ0) is 21.0. The number of hydrogen-bond acceptors (Lipinski definition) is 5. The molecule has 0 aromatic carbocycles.